The Bertz CT molecular complexity index is 489. The number of ether oxygens (including phenoxy) is 3. The van der Waals surface area contributed by atoms with Crippen LogP contribution in [-0.2, 0) is 19.0 Å². The molecule has 0 N–H and O–H groups in total. The molecule has 0 saturated heterocycles. The van der Waals surface area contributed by atoms with E-state index in [1.807, 2.05) is 13.8 Å². The maximum atomic E-state index is 11.1. The summed E-state index contributed by atoms with van der Waals surface area (Å²) in [7, 11) is -1.79. The first kappa shape index (κ1) is 20.7. The van der Waals surface area contributed by atoms with Gasteiger partial charge in [-0.3, -0.25) is 4.79 Å². The highest BCUT2D eigenvalue weighted by atomic mass is 28.3. The summed E-state index contributed by atoms with van der Waals surface area (Å²) < 4.78 is 16.8. The summed E-state index contributed by atoms with van der Waals surface area (Å²) in [6.45, 7) is 15.1. The molecule has 1 aliphatic heterocycles. The van der Waals surface area contributed by atoms with Crippen LogP contribution in [0.25, 0.3) is 0 Å². The monoisotopic (exact) mass is 356 g/mol. The van der Waals surface area contributed by atoms with E-state index < -0.39 is 8.07 Å². The summed E-state index contributed by atoms with van der Waals surface area (Å²) >= 11 is 0. The van der Waals surface area contributed by atoms with Crippen LogP contribution in [0.4, 0.5) is 0 Å². The van der Waals surface area contributed by atoms with Crippen LogP contribution in [0, 0.1) is 5.92 Å². The molecule has 0 amide bonds. The second-order valence-electron chi connectivity index (χ2n) is 7.15. The van der Waals surface area contributed by atoms with Crippen LogP contribution in [0.15, 0.2) is 9.98 Å². The number of rotatable bonds is 7. The van der Waals surface area contributed by atoms with Crippen LogP contribution in [-0.4, -0.2) is 57.4 Å². The van der Waals surface area contributed by atoms with E-state index in [1.54, 1.807) is 0 Å². The van der Waals surface area contributed by atoms with Gasteiger partial charge in [0.15, 0.2) is 0 Å². The van der Waals surface area contributed by atoms with E-state index in [2.05, 4.69) is 26.9 Å². The SMILES string of the molecule is CCOC1=N[C@H](C(C)C)C(OCC)=N[C@H]1C[Si](C)(C)COC(C)=O. The number of nitrogens with zero attached hydrogens (tertiary/aromatic N) is 2. The Labute approximate surface area is 146 Å². The molecule has 0 unspecified atom stereocenters. The zero-order chi connectivity index (χ0) is 18.3. The minimum atomic E-state index is -1.79. The van der Waals surface area contributed by atoms with Crippen molar-refractivity contribution in [3.63, 3.8) is 0 Å². The van der Waals surface area contributed by atoms with Crippen molar-refractivity contribution in [3.8, 4) is 0 Å². The lowest BCUT2D eigenvalue weighted by atomic mass is 10.0. The fourth-order valence-electron chi connectivity index (χ4n) is 2.56. The van der Waals surface area contributed by atoms with E-state index in [-0.39, 0.29) is 24.0 Å². The van der Waals surface area contributed by atoms with Crippen LogP contribution in [0.1, 0.15) is 34.6 Å². The molecule has 0 radical (unpaired) electrons. The fourth-order valence-corrected chi connectivity index (χ4v) is 4.59. The lowest BCUT2D eigenvalue weighted by Gasteiger charge is -2.31. The largest absolute Gasteiger partial charge is 0.480 e. The van der Waals surface area contributed by atoms with Crippen molar-refractivity contribution in [1.82, 2.24) is 0 Å². The van der Waals surface area contributed by atoms with Crippen LogP contribution in [0.5, 0.6) is 0 Å². The van der Waals surface area contributed by atoms with Crippen LogP contribution in [0.2, 0.25) is 19.1 Å². The summed E-state index contributed by atoms with van der Waals surface area (Å²) in [5.74, 6) is 1.43. The smallest absolute Gasteiger partial charge is 0.302 e. The van der Waals surface area contributed by atoms with Crippen LogP contribution < -0.4 is 0 Å². The standard InChI is InChI=1S/C17H32N2O4Si/c1-8-21-16-14(10-24(6,7)11-23-13(5)20)18-17(22-9-2)15(19-16)12(3)4/h12,14-15H,8-11H2,1-7H3/t14-,15+/m0/s1. The third-order valence-electron chi connectivity index (χ3n) is 3.72. The second-order valence-corrected chi connectivity index (χ2v) is 12.2. The second kappa shape index (κ2) is 9.20. The van der Waals surface area contributed by atoms with Gasteiger partial charge in [0.05, 0.1) is 27.5 Å². The number of carbonyl (C=O) groups is 1. The van der Waals surface area contributed by atoms with E-state index in [1.165, 1.54) is 6.92 Å². The molecule has 1 aliphatic rings. The molecular weight excluding hydrogens is 324 g/mol. The van der Waals surface area contributed by atoms with Crippen molar-refractivity contribution in [2.45, 2.75) is 65.8 Å². The average Bonchev–Trinajstić information content (AvgIpc) is 2.47. The molecule has 0 bridgehead atoms. The molecular formula is C17H32N2O4Si. The Morgan fingerprint density at radius 2 is 1.71 bits per heavy atom. The van der Waals surface area contributed by atoms with Gasteiger partial charge < -0.3 is 14.2 Å². The van der Waals surface area contributed by atoms with Crippen LogP contribution >= 0.6 is 0 Å². The quantitative estimate of drug-likeness (QED) is 0.519. The Balaban J connectivity index is 2.99. The van der Waals surface area contributed by atoms with Gasteiger partial charge in [-0.2, -0.15) is 0 Å². The lowest BCUT2D eigenvalue weighted by Crippen LogP contribution is -2.44. The summed E-state index contributed by atoms with van der Waals surface area (Å²) in [4.78, 5) is 20.7. The molecule has 24 heavy (non-hydrogen) atoms. The molecule has 1 rings (SSSR count). The Hall–Kier alpha value is -1.37. The van der Waals surface area contributed by atoms with Gasteiger partial charge in [-0.05, 0) is 25.8 Å². The Morgan fingerprint density at radius 1 is 1.12 bits per heavy atom. The maximum absolute atomic E-state index is 11.1. The van der Waals surface area contributed by atoms with E-state index >= 15 is 0 Å². The highest BCUT2D eigenvalue weighted by Gasteiger charge is 2.36. The predicted octanol–water partition coefficient (Wildman–Crippen LogP) is 3.07. The number of hydrogen-bond acceptors (Lipinski definition) is 6. The van der Waals surface area contributed by atoms with Crippen molar-refractivity contribution in [2.24, 2.45) is 15.9 Å². The zero-order valence-corrected chi connectivity index (χ0v) is 17.1. The van der Waals surface area contributed by atoms with Gasteiger partial charge in [0, 0.05) is 6.92 Å². The maximum Gasteiger partial charge on any atom is 0.302 e. The van der Waals surface area contributed by atoms with E-state index in [9.17, 15) is 4.79 Å². The topological polar surface area (TPSA) is 69.5 Å². The third-order valence-corrected chi connectivity index (χ3v) is 6.13. The highest BCUT2D eigenvalue weighted by molar-refractivity contribution is 6.77. The number of aliphatic imine (C=N–C) groups is 2. The first-order valence-electron chi connectivity index (χ1n) is 8.74. The Morgan fingerprint density at radius 3 is 2.21 bits per heavy atom. The summed E-state index contributed by atoms with van der Waals surface area (Å²) in [6, 6.07) is 0.556. The minimum absolute atomic E-state index is 0.0963. The first-order chi connectivity index (χ1) is 11.2. The van der Waals surface area contributed by atoms with Crippen molar-refractivity contribution in [1.29, 1.82) is 0 Å². The molecule has 7 heteroatoms. The molecule has 0 spiro atoms. The number of hydrogen-bond donors (Lipinski definition) is 0. The van der Waals surface area contributed by atoms with Crippen molar-refractivity contribution >= 4 is 25.8 Å². The van der Waals surface area contributed by atoms with E-state index in [0.29, 0.717) is 31.2 Å². The fraction of sp³-hybridized carbons (Fsp3) is 0.824. The molecule has 0 saturated carbocycles. The zero-order valence-electron chi connectivity index (χ0n) is 16.1. The molecule has 0 aromatic heterocycles. The summed E-state index contributed by atoms with van der Waals surface area (Å²) in [5.41, 5.74) is 0. The highest BCUT2D eigenvalue weighted by Crippen LogP contribution is 2.24. The molecule has 138 valence electrons. The average molecular weight is 357 g/mol. The van der Waals surface area contributed by atoms with Crippen molar-refractivity contribution in [3.05, 3.63) is 0 Å². The van der Waals surface area contributed by atoms with Crippen LogP contribution in [0.3, 0.4) is 0 Å². The van der Waals surface area contributed by atoms with Gasteiger partial charge in [0.2, 0.25) is 11.8 Å². The third kappa shape index (κ3) is 6.26. The van der Waals surface area contributed by atoms with Gasteiger partial charge in [-0.25, -0.2) is 9.98 Å². The summed E-state index contributed by atoms with van der Waals surface area (Å²) in [6.07, 6.45) is 0.478. The van der Waals surface area contributed by atoms with E-state index in [4.69, 9.17) is 24.2 Å². The van der Waals surface area contributed by atoms with Crippen molar-refractivity contribution in [2.75, 3.05) is 19.4 Å². The molecule has 0 fully saturated rings. The summed E-state index contributed by atoms with van der Waals surface area (Å²) in [5, 5.41) is 0. The van der Waals surface area contributed by atoms with E-state index in [0.717, 1.165) is 6.04 Å². The van der Waals surface area contributed by atoms with Crippen molar-refractivity contribution < 1.29 is 19.0 Å². The van der Waals surface area contributed by atoms with Gasteiger partial charge in [-0.1, -0.05) is 26.9 Å². The number of carbonyl (C=O) groups excluding carboxylic acids is 1. The first-order valence-corrected chi connectivity index (χ1v) is 12.2. The molecule has 0 aromatic rings. The normalized spacial score (nSPS) is 21.2. The minimum Gasteiger partial charge on any atom is -0.480 e. The Kier molecular flexibility index (Phi) is 7.92. The van der Waals surface area contributed by atoms with Gasteiger partial charge in [-0.15, -0.1) is 0 Å². The lowest BCUT2D eigenvalue weighted by molar-refractivity contribution is -0.139. The molecule has 0 aliphatic carbocycles. The number of esters is 1. The van der Waals surface area contributed by atoms with Gasteiger partial charge >= 0.3 is 5.97 Å². The molecule has 0 aromatic carbocycles. The van der Waals surface area contributed by atoms with Gasteiger partial charge in [0.25, 0.3) is 0 Å². The molecule has 1 heterocycles. The van der Waals surface area contributed by atoms with Gasteiger partial charge in [0.1, 0.15) is 12.1 Å². The molecule has 2 atom stereocenters. The molecule has 6 nitrogen and oxygen atoms in total. The predicted molar refractivity (Wildman–Crippen MR) is 99.5 cm³/mol.